The summed E-state index contributed by atoms with van der Waals surface area (Å²) in [6, 6.07) is 10.6. The number of aromatic nitrogens is 2. The Morgan fingerprint density at radius 1 is 1.22 bits per heavy atom. The van der Waals surface area contributed by atoms with E-state index in [4.69, 9.17) is 10.00 Å². The van der Waals surface area contributed by atoms with Crippen molar-refractivity contribution in [2.24, 2.45) is 0 Å². The Hall–Kier alpha value is -2.45. The lowest BCUT2D eigenvalue weighted by molar-refractivity contribution is 0.0541. The largest absolute Gasteiger partial charge is 0.381 e. The van der Waals surface area contributed by atoms with Crippen molar-refractivity contribution in [1.29, 1.82) is 5.26 Å². The van der Waals surface area contributed by atoms with Gasteiger partial charge in [0, 0.05) is 37.6 Å². The SMILES string of the molecule is Cc1ccccc1C1(CNc2nccnc2C#N)CCOCC1. The van der Waals surface area contributed by atoms with Gasteiger partial charge in [0.2, 0.25) is 0 Å². The van der Waals surface area contributed by atoms with Crippen LogP contribution in [0.3, 0.4) is 0 Å². The maximum atomic E-state index is 9.17. The second-order valence-corrected chi connectivity index (χ2v) is 5.93. The van der Waals surface area contributed by atoms with Crippen LogP contribution in [0, 0.1) is 18.3 Å². The van der Waals surface area contributed by atoms with Crippen LogP contribution < -0.4 is 5.32 Å². The molecular weight excluding hydrogens is 288 g/mol. The number of rotatable bonds is 4. The topological polar surface area (TPSA) is 70.8 Å². The van der Waals surface area contributed by atoms with Crippen LogP contribution in [0.1, 0.15) is 29.7 Å². The molecule has 0 amide bonds. The third-order valence-electron chi connectivity index (χ3n) is 4.56. The number of hydrogen-bond donors (Lipinski definition) is 1. The van der Waals surface area contributed by atoms with Gasteiger partial charge in [0.05, 0.1) is 0 Å². The Balaban J connectivity index is 1.89. The number of benzene rings is 1. The molecule has 0 saturated carbocycles. The summed E-state index contributed by atoms with van der Waals surface area (Å²) >= 11 is 0. The molecule has 2 aromatic rings. The smallest absolute Gasteiger partial charge is 0.182 e. The predicted octanol–water partition coefficient (Wildman–Crippen LogP) is 2.82. The highest BCUT2D eigenvalue weighted by molar-refractivity contribution is 5.48. The van der Waals surface area contributed by atoms with Crippen molar-refractivity contribution in [1.82, 2.24) is 9.97 Å². The molecule has 0 bridgehead atoms. The van der Waals surface area contributed by atoms with Gasteiger partial charge < -0.3 is 10.1 Å². The quantitative estimate of drug-likeness (QED) is 0.940. The molecule has 2 heterocycles. The lowest BCUT2D eigenvalue weighted by Crippen LogP contribution is -2.40. The summed E-state index contributed by atoms with van der Waals surface area (Å²) in [6.07, 6.45) is 5.04. The minimum Gasteiger partial charge on any atom is -0.381 e. The fourth-order valence-corrected chi connectivity index (χ4v) is 3.27. The Morgan fingerprint density at radius 3 is 2.70 bits per heavy atom. The van der Waals surface area contributed by atoms with Crippen LogP contribution in [0.2, 0.25) is 0 Å². The Bertz CT molecular complexity index is 717. The molecule has 0 unspecified atom stereocenters. The molecule has 1 N–H and O–H groups in total. The maximum Gasteiger partial charge on any atom is 0.182 e. The van der Waals surface area contributed by atoms with Crippen molar-refractivity contribution in [2.75, 3.05) is 25.1 Å². The summed E-state index contributed by atoms with van der Waals surface area (Å²) in [6.45, 7) is 4.37. The van der Waals surface area contributed by atoms with E-state index >= 15 is 0 Å². The van der Waals surface area contributed by atoms with E-state index in [1.165, 1.54) is 17.3 Å². The molecule has 0 radical (unpaired) electrons. The van der Waals surface area contributed by atoms with Gasteiger partial charge in [-0.2, -0.15) is 5.26 Å². The van der Waals surface area contributed by atoms with Crippen LogP contribution in [0.25, 0.3) is 0 Å². The lowest BCUT2D eigenvalue weighted by atomic mass is 9.72. The summed E-state index contributed by atoms with van der Waals surface area (Å²) in [5.74, 6) is 0.550. The highest BCUT2D eigenvalue weighted by Gasteiger charge is 2.35. The fraction of sp³-hybridized carbons (Fsp3) is 0.389. The van der Waals surface area contributed by atoms with E-state index in [1.807, 2.05) is 0 Å². The van der Waals surface area contributed by atoms with Crippen LogP contribution >= 0.6 is 0 Å². The molecular formula is C18H20N4O. The molecule has 5 nitrogen and oxygen atoms in total. The molecule has 1 aromatic carbocycles. The molecule has 0 spiro atoms. The molecule has 1 fully saturated rings. The molecule has 0 atom stereocenters. The summed E-state index contributed by atoms with van der Waals surface area (Å²) in [7, 11) is 0. The van der Waals surface area contributed by atoms with Gasteiger partial charge in [-0.3, -0.25) is 0 Å². The van der Waals surface area contributed by atoms with Crippen LogP contribution in [0.4, 0.5) is 5.82 Å². The number of nitrogens with zero attached hydrogens (tertiary/aromatic N) is 3. The zero-order chi connectivity index (χ0) is 16.1. The number of hydrogen-bond acceptors (Lipinski definition) is 5. The van der Waals surface area contributed by atoms with E-state index < -0.39 is 0 Å². The highest BCUT2D eigenvalue weighted by atomic mass is 16.5. The zero-order valence-electron chi connectivity index (χ0n) is 13.2. The lowest BCUT2D eigenvalue weighted by Gasteiger charge is -2.39. The predicted molar refractivity (Wildman–Crippen MR) is 88.1 cm³/mol. The molecule has 0 aliphatic carbocycles. The zero-order valence-corrected chi connectivity index (χ0v) is 13.2. The van der Waals surface area contributed by atoms with Gasteiger partial charge >= 0.3 is 0 Å². The van der Waals surface area contributed by atoms with Gasteiger partial charge in [0.25, 0.3) is 0 Å². The van der Waals surface area contributed by atoms with Gasteiger partial charge in [0.1, 0.15) is 6.07 Å². The Morgan fingerprint density at radius 2 is 1.96 bits per heavy atom. The first kappa shape index (κ1) is 15.4. The van der Waals surface area contributed by atoms with Crippen molar-refractivity contribution in [3.05, 3.63) is 53.5 Å². The van der Waals surface area contributed by atoms with E-state index in [-0.39, 0.29) is 5.41 Å². The number of nitriles is 1. The minimum absolute atomic E-state index is 0.00611. The van der Waals surface area contributed by atoms with E-state index in [9.17, 15) is 0 Å². The first-order valence-corrected chi connectivity index (χ1v) is 7.84. The van der Waals surface area contributed by atoms with Crippen molar-refractivity contribution >= 4 is 5.82 Å². The van der Waals surface area contributed by atoms with E-state index in [0.29, 0.717) is 18.1 Å². The molecule has 5 heteroatoms. The third kappa shape index (κ3) is 3.17. The molecule has 3 rings (SSSR count). The first-order valence-electron chi connectivity index (χ1n) is 7.84. The van der Waals surface area contributed by atoms with Crippen molar-refractivity contribution in [3.63, 3.8) is 0 Å². The molecule has 1 aliphatic heterocycles. The third-order valence-corrected chi connectivity index (χ3v) is 4.56. The molecule has 23 heavy (non-hydrogen) atoms. The Kier molecular flexibility index (Phi) is 4.54. The van der Waals surface area contributed by atoms with Gasteiger partial charge in [-0.1, -0.05) is 24.3 Å². The Labute approximate surface area is 136 Å². The number of ether oxygens (including phenoxy) is 1. The summed E-state index contributed by atoms with van der Waals surface area (Å²) < 4.78 is 5.57. The van der Waals surface area contributed by atoms with E-state index in [0.717, 1.165) is 26.1 Å². The monoisotopic (exact) mass is 308 g/mol. The summed E-state index contributed by atoms with van der Waals surface area (Å²) in [4.78, 5) is 8.32. The van der Waals surface area contributed by atoms with Gasteiger partial charge in [-0.25, -0.2) is 9.97 Å². The van der Waals surface area contributed by atoms with Gasteiger partial charge in [-0.15, -0.1) is 0 Å². The van der Waals surface area contributed by atoms with Gasteiger partial charge in [-0.05, 0) is 30.9 Å². The van der Waals surface area contributed by atoms with E-state index in [1.54, 1.807) is 6.20 Å². The van der Waals surface area contributed by atoms with Crippen molar-refractivity contribution < 1.29 is 4.74 Å². The first-order chi connectivity index (χ1) is 11.2. The number of aryl methyl sites for hydroxylation is 1. The van der Waals surface area contributed by atoms with Crippen LogP contribution in [-0.4, -0.2) is 29.7 Å². The molecule has 1 aromatic heterocycles. The highest BCUT2D eigenvalue weighted by Crippen LogP contribution is 2.36. The maximum absolute atomic E-state index is 9.17. The summed E-state index contributed by atoms with van der Waals surface area (Å²) in [5.41, 5.74) is 2.96. The minimum atomic E-state index is -0.00611. The normalized spacial score (nSPS) is 16.5. The van der Waals surface area contributed by atoms with Crippen LogP contribution in [0.5, 0.6) is 0 Å². The van der Waals surface area contributed by atoms with Crippen molar-refractivity contribution in [2.45, 2.75) is 25.2 Å². The van der Waals surface area contributed by atoms with Crippen LogP contribution in [0.15, 0.2) is 36.7 Å². The van der Waals surface area contributed by atoms with E-state index in [2.05, 4.69) is 52.5 Å². The average Bonchev–Trinajstić information content (AvgIpc) is 2.61. The number of nitrogens with one attached hydrogen (secondary N) is 1. The second-order valence-electron chi connectivity index (χ2n) is 5.93. The second kappa shape index (κ2) is 6.76. The standard InChI is InChI=1S/C18H20N4O/c1-14-4-2-3-5-15(14)18(6-10-23-11-7-18)13-22-17-16(12-19)20-8-9-21-17/h2-5,8-9H,6-7,10-11,13H2,1H3,(H,21,22). The van der Waals surface area contributed by atoms with Gasteiger partial charge in [0.15, 0.2) is 11.5 Å². The average molecular weight is 308 g/mol. The van der Waals surface area contributed by atoms with Crippen LogP contribution in [-0.2, 0) is 10.2 Å². The molecule has 118 valence electrons. The molecule has 1 aliphatic rings. The van der Waals surface area contributed by atoms with Crippen molar-refractivity contribution in [3.8, 4) is 6.07 Å². The summed E-state index contributed by atoms with van der Waals surface area (Å²) in [5, 5.41) is 12.5. The molecule has 1 saturated heterocycles. The fourth-order valence-electron chi connectivity index (χ4n) is 3.27. The number of anilines is 1.